The zero-order chi connectivity index (χ0) is 23.5. The lowest BCUT2D eigenvalue weighted by Gasteiger charge is -2.31. The van der Waals surface area contributed by atoms with Gasteiger partial charge in [0.05, 0.1) is 12.1 Å². The number of carbonyl (C=O) groups excluding carboxylic acids is 4. The number of fused-ring (bicyclic) bond motifs is 1. The monoisotopic (exact) mass is 437 g/mol. The number of ketones is 2. The topological polar surface area (TPSA) is 71.5 Å². The van der Waals surface area contributed by atoms with Gasteiger partial charge in [0, 0.05) is 16.5 Å². The number of imide groups is 1. The number of amides is 2. The van der Waals surface area contributed by atoms with Crippen molar-refractivity contribution in [3.05, 3.63) is 101 Å². The standard InChI is InChI=1S/C28H23NO4/c1-17-13-14-22(21(15-17)27(2,3)18-9-5-4-6-10-18)29-23(30)16-28(26(29)33)24(31)19-11-7-8-12-20(19)25(28)32/h4-15H,16H2,1-3H3. The first-order valence-corrected chi connectivity index (χ1v) is 10.9. The molecule has 164 valence electrons. The third kappa shape index (κ3) is 2.78. The largest absolute Gasteiger partial charge is 0.292 e. The molecule has 2 aliphatic rings. The molecule has 0 unspecified atom stereocenters. The van der Waals surface area contributed by atoms with Gasteiger partial charge >= 0.3 is 0 Å². The van der Waals surface area contributed by atoms with Crippen LogP contribution in [0.5, 0.6) is 0 Å². The van der Waals surface area contributed by atoms with E-state index in [1.165, 1.54) is 0 Å². The summed E-state index contributed by atoms with van der Waals surface area (Å²) < 4.78 is 0. The normalized spacial score (nSPS) is 17.2. The van der Waals surface area contributed by atoms with Gasteiger partial charge in [-0.05, 0) is 24.1 Å². The van der Waals surface area contributed by atoms with E-state index in [4.69, 9.17) is 0 Å². The Balaban J connectivity index is 1.66. The van der Waals surface area contributed by atoms with Gasteiger partial charge in [0.15, 0.2) is 17.0 Å². The van der Waals surface area contributed by atoms with Crippen LogP contribution in [0.15, 0.2) is 72.8 Å². The third-order valence-electron chi connectivity index (χ3n) is 6.99. The molecule has 1 saturated heterocycles. The van der Waals surface area contributed by atoms with Crippen LogP contribution in [0.4, 0.5) is 5.69 Å². The quantitative estimate of drug-likeness (QED) is 0.442. The summed E-state index contributed by atoms with van der Waals surface area (Å²) >= 11 is 0. The van der Waals surface area contributed by atoms with Crippen molar-refractivity contribution in [1.82, 2.24) is 0 Å². The van der Waals surface area contributed by atoms with Crippen LogP contribution in [0.3, 0.4) is 0 Å². The first-order chi connectivity index (χ1) is 15.7. The van der Waals surface area contributed by atoms with Gasteiger partial charge in [0.2, 0.25) is 5.91 Å². The average Bonchev–Trinajstić information content (AvgIpc) is 3.20. The van der Waals surface area contributed by atoms with E-state index in [-0.39, 0.29) is 11.1 Å². The Morgan fingerprint density at radius 1 is 0.788 bits per heavy atom. The molecule has 1 fully saturated rings. The molecule has 3 aromatic carbocycles. The number of anilines is 1. The minimum Gasteiger partial charge on any atom is -0.292 e. The van der Waals surface area contributed by atoms with E-state index in [9.17, 15) is 19.2 Å². The average molecular weight is 437 g/mol. The molecular weight excluding hydrogens is 414 g/mol. The predicted octanol–water partition coefficient (Wildman–Crippen LogP) is 4.65. The highest BCUT2D eigenvalue weighted by atomic mass is 16.2. The maximum Gasteiger partial charge on any atom is 0.256 e. The van der Waals surface area contributed by atoms with Gasteiger partial charge in [0.25, 0.3) is 5.91 Å². The van der Waals surface area contributed by atoms with E-state index < -0.39 is 40.6 Å². The Hall–Kier alpha value is -3.86. The second kappa shape index (κ2) is 7.07. The number of carbonyl (C=O) groups is 4. The molecule has 5 nitrogen and oxygen atoms in total. The van der Waals surface area contributed by atoms with E-state index in [1.807, 2.05) is 63.2 Å². The van der Waals surface area contributed by atoms with Gasteiger partial charge in [-0.15, -0.1) is 0 Å². The molecule has 2 amide bonds. The summed E-state index contributed by atoms with van der Waals surface area (Å²) in [6.07, 6.45) is -0.447. The Labute approximate surface area is 192 Å². The summed E-state index contributed by atoms with van der Waals surface area (Å²) in [5.41, 5.74) is 1.07. The zero-order valence-electron chi connectivity index (χ0n) is 18.7. The fourth-order valence-electron chi connectivity index (χ4n) is 5.08. The number of hydrogen-bond donors (Lipinski definition) is 0. The molecule has 0 bridgehead atoms. The third-order valence-corrected chi connectivity index (χ3v) is 6.99. The first kappa shape index (κ1) is 21.0. The van der Waals surface area contributed by atoms with Gasteiger partial charge in [0.1, 0.15) is 0 Å². The molecule has 0 radical (unpaired) electrons. The van der Waals surface area contributed by atoms with Crippen LogP contribution in [0, 0.1) is 12.3 Å². The van der Waals surface area contributed by atoms with Crippen molar-refractivity contribution >= 4 is 29.1 Å². The van der Waals surface area contributed by atoms with Gasteiger partial charge in [-0.3, -0.25) is 19.2 Å². The highest BCUT2D eigenvalue weighted by molar-refractivity contribution is 6.47. The summed E-state index contributed by atoms with van der Waals surface area (Å²) in [6, 6.07) is 21.8. The van der Waals surface area contributed by atoms with Crippen LogP contribution in [0.2, 0.25) is 0 Å². The van der Waals surface area contributed by atoms with E-state index in [1.54, 1.807) is 30.3 Å². The lowest BCUT2D eigenvalue weighted by molar-refractivity contribution is -0.122. The van der Waals surface area contributed by atoms with E-state index in [2.05, 4.69) is 0 Å². The van der Waals surface area contributed by atoms with Gasteiger partial charge < -0.3 is 0 Å². The number of benzene rings is 3. The van der Waals surface area contributed by atoms with Gasteiger partial charge in [-0.2, -0.15) is 0 Å². The van der Waals surface area contributed by atoms with Crippen molar-refractivity contribution in [2.45, 2.75) is 32.6 Å². The summed E-state index contributed by atoms with van der Waals surface area (Å²) in [5, 5.41) is 0. The van der Waals surface area contributed by atoms with E-state index in [0.29, 0.717) is 5.69 Å². The highest BCUT2D eigenvalue weighted by Crippen LogP contribution is 2.48. The molecule has 1 aliphatic carbocycles. The fraction of sp³-hybridized carbons (Fsp3) is 0.214. The zero-order valence-corrected chi connectivity index (χ0v) is 18.7. The second-order valence-corrected chi connectivity index (χ2v) is 9.33. The molecule has 0 atom stereocenters. The molecule has 1 aliphatic heterocycles. The predicted molar refractivity (Wildman–Crippen MR) is 124 cm³/mol. The number of aryl methyl sites for hydroxylation is 1. The van der Waals surface area contributed by atoms with Crippen molar-refractivity contribution in [2.24, 2.45) is 5.41 Å². The van der Waals surface area contributed by atoms with Crippen LogP contribution < -0.4 is 4.90 Å². The van der Waals surface area contributed by atoms with Gasteiger partial charge in [-0.25, -0.2) is 4.90 Å². The molecule has 33 heavy (non-hydrogen) atoms. The van der Waals surface area contributed by atoms with Crippen molar-refractivity contribution in [1.29, 1.82) is 0 Å². The molecule has 0 aromatic heterocycles. The number of rotatable bonds is 3. The van der Waals surface area contributed by atoms with Crippen molar-refractivity contribution in [3.63, 3.8) is 0 Å². The lowest BCUT2D eigenvalue weighted by Crippen LogP contribution is -2.43. The summed E-state index contributed by atoms with van der Waals surface area (Å²) in [4.78, 5) is 54.7. The van der Waals surface area contributed by atoms with Crippen molar-refractivity contribution < 1.29 is 19.2 Å². The fourth-order valence-corrected chi connectivity index (χ4v) is 5.08. The van der Waals surface area contributed by atoms with Gasteiger partial charge in [-0.1, -0.05) is 86.1 Å². The smallest absolute Gasteiger partial charge is 0.256 e. The molecule has 1 heterocycles. The van der Waals surface area contributed by atoms with Crippen molar-refractivity contribution in [2.75, 3.05) is 4.90 Å². The minimum absolute atomic E-state index is 0.208. The van der Waals surface area contributed by atoms with Crippen molar-refractivity contribution in [3.8, 4) is 0 Å². The summed E-state index contributed by atoms with van der Waals surface area (Å²) in [7, 11) is 0. The Bertz CT molecular complexity index is 1320. The maximum atomic E-state index is 13.8. The molecule has 5 rings (SSSR count). The number of nitrogens with zero attached hydrogens (tertiary/aromatic N) is 1. The lowest BCUT2D eigenvalue weighted by atomic mass is 9.76. The molecule has 1 spiro atoms. The van der Waals surface area contributed by atoms with Crippen LogP contribution in [0.25, 0.3) is 0 Å². The Kier molecular flexibility index (Phi) is 4.50. The molecule has 0 N–H and O–H groups in total. The van der Waals surface area contributed by atoms with Crippen LogP contribution in [-0.2, 0) is 15.0 Å². The molecule has 5 heteroatoms. The Morgan fingerprint density at radius 3 is 1.97 bits per heavy atom. The molecule has 3 aromatic rings. The minimum atomic E-state index is -2.00. The van der Waals surface area contributed by atoms with E-state index >= 15 is 0 Å². The highest BCUT2D eigenvalue weighted by Gasteiger charge is 2.66. The van der Waals surface area contributed by atoms with E-state index in [0.717, 1.165) is 21.6 Å². The number of hydrogen-bond acceptors (Lipinski definition) is 4. The van der Waals surface area contributed by atoms with Crippen LogP contribution >= 0.6 is 0 Å². The first-order valence-electron chi connectivity index (χ1n) is 10.9. The molecular formula is C28H23NO4. The maximum absolute atomic E-state index is 13.8. The second-order valence-electron chi connectivity index (χ2n) is 9.33. The Morgan fingerprint density at radius 2 is 1.36 bits per heavy atom. The summed E-state index contributed by atoms with van der Waals surface area (Å²) in [6.45, 7) is 6.01. The molecule has 0 saturated carbocycles. The SMILES string of the molecule is Cc1ccc(N2C(=O)CC3(C(=O)c4ccccc4C3=O)C2=O)c(C(C)(C)c2ccccc2)c1. The van der Waals surface area contributed by atoms with Crippen LogP contribution in [-0.4, -0.2) is 23.4 Å². The van der Waals surface area contributed by atoms with Crippen LogP contribution in [0.1, 0.15) is 57.7 Å². The summed E-state index contributed by atoms with van der Waals surface area (Å²) in [5.74, 6) is -2.46. The number of Topliss-reactive ketones (excluding diaryl/α,β-unsaturated/α-hetero) is 2.